The maximum absolute atomic E-state index is 8.33. The maximum atomic E-state index is 8.33. The van der Waals surface area contributed by atoms with E-state index in [0.717, 1.165) is 5.69 Å². The van der Waals surface area contributed by atoms with E-state index in [2.05, 4.69) is 15.5 Å². The number of ether oxygens (including phenoxy) is 1. The van der Waals surface area contributed by atoms with Gasteiger partial charge in [-0.25, -0.2) is 4.98 Å². The number of oxime groups is 1. The van der Waals surface area contributed by atoms with Gasteiger partial charge in [-0.05, 0) is 13.0 Å². The Morgan fingerprint density at radius 2 is 2.44 bits per heavy atom. The number of nitrogens with one attached hydrogen (secondary N) is 1. The van der Waals surface area contributed by atoms with E-state index in [1.54, 1.807) is 12.3 Å². The third-order valence-corrected chi connectivity index (χ3v) is 1.87. The molecule has 0 saturated heterocycles. The van der Waals surface area contributed by atoms with Crippen molar-refractivity contribution in [2.24, 2.45) is 10.9 Å². The van der Waals surface area contributed by atoms with Crippen LogP contribution in [0.5, 0.6) is 5.88 Å². The van der Waals surface area contributed by atoms with Gasteiger partial charge in [0.15, 0.2) is 0 Å². The predicted molar refractivity (Wildman–Crippen MR) is 61.9 cm³/mol. The molecule has 0 unspecified atom stereocenters. The molecule has 1 heterocycles. The largest absolute Gasteiger partial charge is 0.478 e. The van der Waals surface area contributed by atoms with Crippen LogP contribution >= 0.6 is 0 Å². The van der Waals surface area contributed by atoms with Crippen LogP contribution in [-0.2, 0) is 0 Å². The second-order valence-corrected chi connectivity index (χ2v) is 3.09. The van der Waals surface area contributed by atoms with Crippen LogP contribution in [0.1, 0.15) is 13.3 Å². The molecule has 0 aromatic carbocycles. The fraction of sp³-hybridized carbons (Fsp3) is 0.400. The van der Waals surface area contributed by atoms with Crippen molar-refractivity contribution in [2.45, 2.75) is 13.3 Å². The average Bonchev–Trinajstić information content (AvgIpc) is 2.31. The topological polar surface area (TPSA) is 92.8 Å². The van der Waals surface area contributed by atoms with E-state index in [1.807, 2.05) is 13.0 Å². The van der Waals surface area contributed by atoms with Gasteiger partial charge in [0.2, 0.25) is 5.88 Å². The first-order chi connectivity index (χ1) is 7.76. The normalized spacial score (nSPS) is 11.2. The van der Waals surface area contributed by atoms with Gasteiger partial charge in [-0.1, -0.05) is 5.16 Å². The molecule has 1 aromatic heterocycles. The number of nitrogens with two attached hydrogens (primary N) is 1. The molecule has 88 valence electrons. The Balaban J connectivity index is 2.37. The molecule has 16 heavy (non-hydrogen) atoms. The molecule has 0 atom stereocenters. The molecule has 0 radical (unpaired) electrons. The van der Waals surface area contributed by atoms with Gasteiger partial charge in [0, 0.05) is 19.0 Å². The van der Waals surface area contributed by atoms with Crippen molar-refractivity contribution >= 4 is 11.5 Å². The van der Waals surface area contributed by atoms with Crippen molar-refractivity contribution in [2.75, 3.05) is 18.5 Å². The van der Waals surface area contributed by atoms with Gasteiger partial charge in [0.05, 0.1) is 18.5 Å². The van der Waals surface area contributed by atoms with Crippen LogP contribution in [0.2, 0.25) is 0 Å². The van der Waals surface area contributed by atoms with Crippen molar-refractivity contribution in [1.82, 2.24) is 4.98 Å². The molecular formula is C10H16N4O2. The second kappa shape index (κ2) is 6.49. The number of rotatable bonds is 6. The molecule has 0 aliphatic rings. The summed E-state index contributed by atoms with van der Waals surface area (Å²) in [5.41, 5.74) is 6.19. The summed E-state index contributed by atoms with van der Waals surface area (Å²) >= 11 is 0. The van der Waals surface area contributed by atoms with E-state index >= 15 is 0 Å². The third-order valence-electron chi connectivity index (χ3n) is 1.87. The summed E-state index contributed by atoms with van der Waals surface area (Å²) in [6.07, 6.45) is 2.15. The standard InChI is InChI=1S/C10H16N4O2/c1-2-16-10-4-3-8(7-13-10)12-6-5-9(11)14-15/h3-4,7,12,15H,2,5-6H2,1H3,(H2,11,14). The molecule has 0 saturated carbocycles. The monoisotopic (exact) mass is 224 g/mol. The highest BCUT2D eigenvalue weighted by Crippen LogP contribution is 2.11. The van der Waals surface area contributed by atoms with E-state index in [0.29, 0.717) is 25.5 Å². The Morgan fingerprint density at radius 3 is 3.00 bits per heavy atom. The van der Waals surface area contributed by atoms with Gasteiger partial charge in [-0.3, -0.25) is 0 Å². The number of nitrogens with zero attached hydrogens (tertiary/aromatic N) is 2. The molecular weight excluding hydrogens is 208 g/mol. The van der Waals surface area contributed by atoms with Gasteiger partial charge in [-0.2, -0.15) is 0 Å². The molecule has 0 aliphatic heterocycles. The molecule has 0 bridgehead atoms. The Kier molecular flexibility index (Phi) is 4.91. The first-order valence-corrected chi connectivity index (χ1v) is 5.05. The first kappa shape index (κ1) is 12.1. The van der Waals surface area contributed by atoms with Crippen molar-refractivity contribution in [3.8, 4) is 5.88 Å². The van der Waals surface area contributed by atoms with Gasteiger partial charge in [0.1, 0.15) is 5.84 Å². The minimum atomic E-state index is 0.200. The first-order valence-electron chi connectivity index (χ1n) is 5.05. The smallest absolute Gasteiger partial charge is 0.213 e. The highest BCUT2D eigenvalue weighted by molar-refractivity contribution is 5.80. The molecule has 6 nitrogen and oxygen atoms in total. The highest BCUT2D eigenvalue weighted by Gasteiger charge is 1.96. The van der Waals surface area contributed by atoms with Crippen LogP contribution in [0.3, 0.4) is 0 Å². The minimum absolute atomic E-state index is 0.200. The molecule has 0 amide bonds. The summed E-state index contributed by atoms with van der Waals surface area (Å²) in [7, 11) is 0. The van der Waals surface area contributed by atoms with Crippen LogP contribution in [0.15, 0.2) is 23.5 Å². The number of aromatic nitrogens is 1. The summed E-state index contributed by atoms with van der Waals surface area (Å²) in [6, 6.07) is 3.65. The van der Waals surface area contributed by atoms with E-state index in [1.165, 1.54) is 0 Å². The lowest BCUT2D eigenvalue weighted by Crippen LogP contribution is -2.16. The second-order valence-electron chi connectivity index (χ2n) is 3.09. The lowest BCUT2D eigenvalue weighted by Gasteiger charge is -2.06. The Bertz CT molecular complexity index is 337. The molecule has 4 N–H and O–H groups in total. The number of amidine groups is 1. The summed E-state index contributed by atoms with van der Waals surface area (Å²) in [4.78, 5) is 4.09. The zero-order valence-corrected chi connectivity index (χ0v) is 9.18. The molecule has 0 aliphatic carbocycles. The Labute approximate surface area is 94.1 Å². The van der Waals surface area contributed by atoms with E-state index in [9.17, 15) is 0 Å². The predicted octanol–water partition coefficient (Wildman–Crippen LogP) is 1.03. The molecule has 0 fully saturated rings. The van der Waals surface area contributed by atoms with Crippen LogP contribution in [-0.4, -0.2) is 29.2 Å². The van der Waals surface area contributed by atoms with Crippen molar-refractivity contribution in [3.63, 3.8) is 0 Å². The summed E-state index contributed by atoms with van der Waals surface area (Å²) in [5.74, 6) is 0.802. The van der Waals surface area contributed by atoms with Gasteiger partial charge < -0.3 is 21.0 Å². The fourth-order valence-electron chi connectivity index (χ4n) is 1.10. The number of hydrogen-bond donors (Lipinski definition) is 3. The van der Waals surface area contributed by atoms with Gasteiger partial charge >= 0.3 is 0 Å². The summed E-state index contributed by atoms with van der Waals surface area (Å²) in [5, 5.41) is 14.3. The molecule has 1 aromatic rings. The highest BCUT2D eigenvalue weighted by atomic mass is 16.5. The van der Waals surface area contributed by atoms with Gasteiger partial charge in [0.25, 0.3) is 0 Å². The summed E-state index contributed by atoms with van der Waals surface area (Å²) < 4.78 is 5.21. The maximum Gasteiger partial charge on any atom is 0.213 e. The molecule has 6 heteroatoms. The van der Waals surface area contributed by atoms with Crippen molar-refractivity contribution < 1.29 is 9.94 Å². The average molecular weight is 224 g/mol. The zero-order chi connectivity index (χ0) is 11.8. The lowest BCUT2D eigenvalue weighted by atomic mass is 10.3. The lowest BCUT2D eigenvalue weighted by molar-refractivity contribution is 0.317. The van der Waals surface area contributed by atoms with E-state index in [-0.39, 0.29) is 5.84 Å². The van der Waals surface area contributed by atoms with E-state index in [4.69, 9.17) is 15.7 Å². The van der Waals surface area contributed by atoms with Crippen LogP contribution in [0.4, 0.5) is 5.69 Å². The Morgan fingerprint density at radius 1 is 1.62 bits per heavy atom. The van der Waals surface area contributed by atoms with Crippen molar-refractivity contribution in [1.29, 1.82) is 0 Å². The SMILES string of the molecule is CCOc1ccc(NCCC(N)=NO)cn1. The zero-order valence-electron chi connectivity index (χ0n) is 9.18. The number of pyridine rings is 1. The minimum Gasteiger partial charge on any atom is -0.478 e. The van der Waals surface area contributed by atoms with Crippen LogP contribution in [0.25, 0.3) is 0 Å². The van der Waals surface area contributed by atoms with Crippen LogP contribution in [0, 0.1) is 0 Å². The fourth-order valence-corrected chi connectivity index (χ4v) is 1.10. The molecule has 0 spiro atoms. The van der Waals surface area contributed by atoms with Gasteiger partial charge in [-0.15, -0.1) is 0 Å². The van der Waals surface area contributed by atoms with E-state index < -0.39 is 0 Å². The number of hydrogen-bond acceptors (Lipinski definition) is 5. The van der Waals surface area contributed by atoms with Crippen molar-refractivity contribution in [3.05, 3.63) is 18.3 Å². The third kappa shape index (κ3) is 4.04. The quantitative estimate of drug-likeness (QED) is 0.290. The molecule has 1 rings (SSSR count). The summed E-state index contributed by atoms with van der Waals surface area (Å²) in [6.45, 7) is 3.10. The Hall–Kier alpha value is -1.98. The van der Waals surface area contributed by atoms with Crippen LogP contribution < -0.4 is 15.8 Å². The number of anilines is 1.